The SMILES string of the molecule is CCCCNC(=NC)NCC(=O)N1CCN(c2ccccc2)CC1.I. The van der Waals surface area contributed by atoms with Crippen LogP contribution in [-0.4, -0.2) is 63.1 Å². The van der Waals surface area contributed by atoms with E-state index in [-0.39, 0.29) is 36.4 Å². The van der Waals surface area contributed by atoms with E-state index >= 15 is 0 Å². The molecule has 1 aromatic rings. The summed E-state index contributed by atoms with van der Waals surface area (Å²) in [5.74, 6) is 0.820. The quantitative estimate of drug-likeness (QED) is 0.296. The molecule has 0 bridgehead atoms. The molecule has 2 N–H and O–H groups in total. The van der Waals surface area contributed by atoms with Gasteiger partial charge in [0.25, 0.3) is 0 Å². The van der Waals surface area contributed by atoms with Crippen molar-refractivity contribution < 1.29 is 4.79 Å². The number of halogens is 1. The predicted molar refractivity (Wildman–Crippen MR) is 115 cm³/mol. The lowest BCUT2D eigenvalue weighted by atomic mass is 10.2. The summed E-state index contributed by atoms with van der Waals surface area (Å²) in [7, 11) is 1.73. The Morgan fingerprint density at radius 1 is 1.12 bits per heavy atom. The van der Waals surface area contributed by atoms with Gasteiger partial charge in [0.05, 0.1) is 6.54 Å². The molecule has 1 saturated heterocycles. The Kier molecular flexibility index (Phi) is 10.3. The molecular formula is C18H30IN5O. The number of para-hydroxylation sites is 1. The molecule has 2 rings (SSSR count). The van der Waals surface area contributed by atoms with Crippen LogP contribution in [0.2, 0.25) is 0 Å². The van der Waals surface area contributed by atoms with Gasteiger partial charge < -0.3 is 20.4 Å². The van der Waals surface area contributed by atoms with Gasteiger partial charge in [-0.3, -0.25) is 9.79 Å². The second kappa shape index (κ2) is 11.9. The monoisotopic (exact) mass is 459 g/mol. The highest BCUT2D eigenvalue weighted by molar-refractivity contribution is 14.0. The average molecular weight is 459 g/mol. The van der Waals surface area contributed by atoms with Gasteiger partial charge in [0.2, 0.25) is 5.91 Å². The molecular weight excluding hydrogens is 429 g/mol. The molecule has 7 heteroatoms. The van der Waals surface area contributed by atoms with E-state index < -0.39 is 0 Å². The van der Waals surface area contributed by atoms with E-state index in [0.717, 1.165) is 45.6 Å². The summed E-state index contributed by atoms with van der Waals surface area (Å²) in [6, 6.07) is 10.4. The van der Waals surface area contributed by atoms with Gasteiger partial charge in [-0.05, 0) is 18.6 Å². The van der Waals surface area contributed by atoms with Crippen LogP contribution in [0.25, 0.3) is 0 Å². The fourth-order valence-electron chi connectivity index (χ4n) is 2.73. The van der Waals surface area contributed by atoms with E-state index in [4.69, 9.17) is 0 Å². The van der Waals surface area contributed by atoms with Gasteiger partial charge >= 0.3 is 0 Å². The number of unbranched alkanes of at least 4 members (excludes halogenated alkanes) is 1. The highest BCUT2D eigenvalue weighted by atomic mass is 127. The normalized spacial score (nSPS) is 14.7. The number of carbonyl (C=O) groups excluding carboxylic acids is 1. The van der Waals surface area contributed by atoms with Crippen molar-refractivity contribution in [3.63, 3.8) is 0 Å². The summed E-state index contributed by atoms with van der Waals surface area (Å²) in [4.78, 5) is 20.7. The Labute approximate surface area is 168 Å². The molecule has 1 aliphatic heterocycles. The van der Waals surface area contributed by atoms with Gasteiger partial charge in [-0.2, -0.15) is 0 Å². The summed E-state index contributed by atoms with van der Waals surface area (Å²) in [6.45, 7) is 6.58. The van der Waals surface area contributed by atoms with E-state index in [1.807, 2.05) is 23.1 Å². The number of guanidine groups is 1. The Morgan fingerprint density at radius 2 is 1.80 bits per heavy atom. The molecule has 0 atom stereocenters. The first-order valence-corrected chi connectivity index (χ1v) is 8.77. The molecule has 1 aliphatic rings. The minimum atomic E-state index is 0. The number of hydrogen-bond donors (Lipinski definition) is 2. The molecule has 1 aromatic carbocycles. The Morgan fingerprint density at radius 3 is 2.40 bits per heavy atom. The fraction of sp³-hybridized carbons (Fsp3) is 0.556. The lowest BCUT2D eigenvalue weighted by Crippen LogP contribution is -2.52. The van der Waals surface area contributed by atoms with Crippen molar-refractivity contribution >= 4 is 41.5 Å². The number of anilines is 1. The number of hydrogen-bond acceptors (Lipinski definition) is 3. The first-order valence-electron chi connectivity index (χ1n) is 8.77. The largest absolute Gasteiger partial charge is 0.368 e. The van der Waals surface area contributed by atoms with E-state index in [9.17, 15) is 4.79 Å². The van der Waals surface area contributed by atoms with Gasteiger partial charge in [0, 0.05) is 45.5 Å². The molecule has 0 aromatic heterocycles. The molecule has 0 radical (unpaired) electrons. The van der Waals surface area contributed by atoms with Crippen molar-refractivity contribution in [2.75, 3.05) is 51.2 Å². The van der Waals surface area contributed by atoms with Crippen molar-refractivity contribution in [2.24, 2.45) is 4.99 Å². The van der Waals surface area contributed by atoms with Crippen molar-refractivity contribution in [2.45, 2.75) is 19.8 Å². The van der Waals surface area contributed by atoms with Gasteiger partial charge in [0.15, 0.2) is 5.96 Å². The Bertz CT molecular complexity index is 530. The van der Waals surface area contributed by atoms with Crippen molar-refractivity contribution in [3.05, 3.63) is 30.3 Å². The van der Waals surface area contributed by atoms with Crippen molar-refractivity contribution in [1.29, 1.82) is 0 Å². The third-order valence-corrected chi connectivity index (χ3v) is 4.21. The molecule has 6 nitrogen and oxygen atoms in total. The van der Waals surface area contributed by atoms with Crippen LogP contribution in [0.3, 0.4) is 0 Å². The number of benzene rings is 1. The Hall–Kier alpha value is -1.51. The van der Waals surface area contributed by atoms with Crippen LogP contribution >= 0.6 is 24.0 Å². The zero-order chi connectivity index (χ0) is 17.2. The molecule has 0 unspecified atom stereocenters. The summed E-state index contributed by atoms with van der Waals surface area (Å²) in [5.41, 5.74) is 1.23. The summed E-state index contributed by atoms with van der Waals surface area (Å²) in [5, 5.41) is 6.32. The maximum Gasteiger partial charge on any atom is 0.242 e. The highest BCUT2D eigenvalue weighted by Gasteiger charge is 2.21. The molecule has 25 heavy (non-hydrogen) atoms. The van der Waals surface area contributed by atoms with Crippen LogP contribution < -0.4 is 15.5 Å². The number of aliphatic imine (C=N–C) groups is 1. The standard InChI is InChI=1S/C18H29N5O.HI/c1-3-4-10-20-18(19-2)21-15-17(24)23-13-11-22(12-14-23)16-8-6-5-7-9-16;/h5-9H,3-4,10-15H2,1-2H3,(H2,19,20,21);1H. The molecule has 1 fully saturated rings. The number of nitrogens with zero attached hydrogens (tertiary/aromatic N) is 3. The second-order valence-electron chi connectivity index (χ2n) is 5.91. The van der Waals surface area contributed by atoms with Crippen LogP contribution in [0.5, 0.6) is 0 Å². The van der Waals surface area contributed by atoms with E-state index in [1.54, 1.807) is 7.05 Å². The van der Waals surface area contributed by atoms with Gasteiger partial charge in [-0.15, -0.1) is 24.0 Å². The van der Waals surface area contributed by atoms with E-state index in [1.165, 1.54) is 5.69 Å². The Balaban J connectivity index is 0.00000312. The molecule has 0 spiro atoms. The molecule has 140 valence electrons. The maximum absolute atomic E-state index is 12.4. The van der Waals surface area contributed by atoms with Crippen molar-refractivity contribution in [1.82, 2.24) is 15.5 Å². The predicted octanol–water partition coefficient (Wildman–Crippen LogP) is 1.92. The number of rotatable bonds is 6. The lowest BCUT2D eigenvalue weighted by Gasteiger charge is -2.36. The number of amides is 1. The highest BCUT2D eigenvalue weighted by Crippen LogP contribution is 2.15. The number of carbonyl (C=O) groups is 1. The van der Waals surface area contributed by atoms with Crippen LogP contribution in [0, 0.1) is 0 Å². The zero-order valence-corrected chi connectivity index (χ0v) is 17.5. The topological polar surface area (TPSA) is 60.0 Å². The first-order chi connectivity index (χ1) is 11.7. The third kappa shape index (κ3) is 7.09. The van der Waals surface area contributed by atoms with E-state index in [0.29, 0.717) is 5.96 Å². The lowest BCUT2D eigenvalue weighted by molar-refractivity contribution is -0.130. The summed E-state index contributed by atoms with van der Waals surface area (Å²) < 4.78 is 0. The smallest absolute Gasteiger partial charge is 0.242 e. The molecule has 1 amide bonds. The first kappa shape index (κ1) is 21.5. The van der Waals surface area contributed by atoms with Crippen LogP contribution in [0.4, 0.5) is 5.69 Å². The third-order valence-electron chi connectivity index (χ3n) is 4.21. The zero-order valence-electron chi connectivity index (χ0n) is 15.2. The fourth-order valence-corrected chi connectivity index (χ4v) is 2.73. The van der Waals surface area contributed by atoms with Crippen LogP contribution in [0.1, 0.15) is 19.8 Å². The summed E-state index contributed by atoms with van der Waals surface area (Å²) >= 11 is 0. The number of nitrogens with one attached hydrogen (secondary N) is 2. The van der Waals surface area contributed by atoms with Crippen LogP contribution in [0.15, 0.2) is 35.3 Å². The van der Waals surface area contributed by atoms with Gasteiger partial charge in [0.1, 0.15) is 0 Å². The average Bonchev–Trinajstić information content (AvgIpc) is 2.65. The van der Waals surface area contributed by atoms with Gasteiger partial charge in [-0.25, -0.2) is 0 Å². The maximum atomic E-state index is 12.4. The van der Waals surface area contributed by atoms with Crippen LogP contribution in [-0.2, 0) is 4.79 Å². The molecule has 1 heterocycles. The number of piperazine rings is 1. The molecule has 0 aliphatic carbocycles. The van der Waals surface area contributed by atoms with Crippen molar-refractivity contribution in [3.8, 4) is 0 Å². The second-order valence-corrected chi connectivity index (χ2v) is 5.91. The summed E-state index contributed by atoms with van der Waals surface area (Å²) in [6.07, 6.45) is 2.23. The van der Waals surface area contributed by atoms with E-state index in [2.05, 4.69) is 39.6 Å². The molecule has 0 saturated carbocycles. The minimum absolute atomic E-state index is 0. The van der Waals surface area contributed by atoms with Gasteiger partial charge in [-0.1, -0.05) is 31.5 Å². The minimum Gasteiger partial charge on any atom is -0.368 e.